The predicted molar refractivity (Wildman–Crippen MR) is 71.6 cm³/mol. The number of benzene rings is 1. The van der Waals surface area contributed by atoms with Crippen LogP contribution < -0.4 is 4.74 Å². The van der Waals surface area contributed by atoms with Gasteiger partial charge in [0, 0.05) is 5.02 Å². The highest BCUT2D eigenvalue weighted by atomic mass is 127. The average Bonchev–Trinajstić information content (AvgIpc) is 2.70. The Kier molecular flexibility index (Phi) is 3.85. The molecule has 2 rings (SSSR count). The molecule has 90 valence electrons. The van der Waals surface area contributed by atoms with Gasteiger partial charge in [-0.2, -0.15) is 0 Å². The van der Waals surface area contributed by atoms with Crippen LogP contribution in [0.25, 0.3) is 5.69 Å². The van der Waals surface area contributed by atoms with Crippen LogP contribution in [-0.4, -0.2) is 27.2 Å². The van der Waals surface area contributed by atoms with E-state index >= 15 is 0 Å². The average molecular weight is 366 g/mol. The molecule has 0 fully saturated rings. The van der Waals surface area contributed by atoms with Crippen molar-refractivity contribution in [3.8, 4) is 11.4 Å². The van der Waals surface area contributed by atoms with E-state index in [0.717, 1.165) is 3.70 Å². The first-order chi connectivity index (χ1) is 8.17. The molecule has 0 aliphatic heterocycles. The lowest BCUT2D eigenvalue weighted by Crippen LogP contribution is -2.02. The highest BCUT2D eigenvalue weighted by molar-refractivity contribution is 14.1. The molecule has 0 bridgehead atoms. The number of aliphatic hydroxyl groups is 1. The van der Waals surface area contributed by atoms with Gasteiger partial charge in [-0.1, -0.05) is 16.8 Å². The fraction of sp³-hybridized carbons (Fsp3) is 0.200. The molecule has 0 unspecified atom stereocenters. The van der Waals surface area contributed by atoms with Crippen LogP contribution in [0.1, 0.15) is 5.69 Å². The number of aliphatic hydroxyl groups excluding tert-OH is 1. The highest BCUT2D eigenvalue weighted by Crippen LogP contribution is 2.27. The lowest BCUT2D eigenvalue weighted by molar-refractivity contribution is 0.276. The van der Waals surface area contributed by atoms with Crippen molar-refractivity contribution in [3.05, 3.63) is 32.6 Å². The third-order valence-corrected chi connectivity index (χ3v) is 3.51. The maximum absolute atomic E-state index is 9.08. The zero-order chi connectivity index (χ0) is 12.4. The summed E-state index contributed by atoms with van der Waals surface area (Å²) in [5.41, 5.74) is 1.21. The van der Waals surface area contributed by atoms with E-state index in [1.54, 1.807) is 30.0 Å². The summed E-state index contributed by atoms with van der Waals surface area (Å²) in [6.07, 6.45) is 0. The lowest BCUT2D eigenvalue weighted by Gasteiger charge is -2.09. The molecule has 0 spiro atoms. The maximum atomic E-state index is 9.08. The Hall–Kier alpha value is -0.860. The van der Waals surface area contributed by atoms with Gasteiger partial charge in [0.05, 0.1) is 13.7 Å². The van der Waals surface area contributed by atoms with Gasteiger partial charge in [0.2, 0.25) is 0 Å². The number of hydrogen-bond acceptors (Lipinski definition) is 4. The molecule has 17 heavy (non-hydrogen) atoms. The SMILES string of the molecule is COc1ccc(Cl)cc1-n1nnc(CO)c1I. The van der Waals surface area contributed by atoms with Crippen molar-refractivity contribution in [2.45, 2.75) is 6.61 Å². The van der Waals surface area contributed by atoms with E-state index in [-0.39, 0.29) is 6.61 Å². The molecule has 0 atom stereocenters. The Morgan fingerprint density at radius 3 is 2.88 bits per heavy atom. The first kappa shape index (κ1) is 12.6. The van der Waals surface area contributed by atoms with E-state index in [0.29, 0.717) is 22.2 Å². The Bertz CT molecular complexity index is 544. The fourth-order valence-corrected chi connectivity index (χ4v) is 2.18. The van der Waals surface area contributed by atoms with Crippen molar-refractivity contribution in [1.29, 1.82) is 0 Å². The van der Waals surface area contributed by atoms with Crippen molar-refractivity contribution in [1.82, 2.24) is 15.0 Å². The van der Waals surface area contributed by atoms with Gasteiger partial charge in [-0.3, -0.25) is 0 Å². The standard InChI is InChI=1S/C10H9ClIN3O2/c1-17-9-3-2-6(11)4-8(9)15-10(12)7(5-16)13-14-15/h2-4,16H,5H2,1H3. The zero-order valence-electron chi connectivity index (χ0n) is 8.89. The molecule has 0 radical (unpaired) electrons. The molecule has 0 aliphatic carbocycles. The molecule has 1 aromatic carbocycles. The summed E-state index contributed by atoms with van der Waals surface area (Å²) < 4.78 is 7.55. The van der Waals surface area contributed by atoms with E-state index in [1.165, 1.54) is 0 Å². The van der Waals surface area contributed by atoms with E-state index < -0.39 is 0 Å². The fourth-order valence-electron chi connectivity index (χ4n) is 1.38. The largest absolute Gasteiger partial charge is 0.494 e. The molecule has 1 heterocycles. The van der Waals surface area contributed by atoms with Gasteiger partial charge < -0.3 is 9.84 Å². The van der Waals surface area contributed by atoms with Crippen molar-refractivity contribution in [2.75, 3.05) is 7.11 Å². The molecule has 7 heteroatoms. The van der Waals surface area contributed by atoms with Gasteiger partial charge in [-0.15, -0.1) is 5.10 Å². The third-order valence-electron chi connectivity index (χ3n) is 2.20. The minimum absolute atomic E-state index is 0.152. The van der Waals surface area contributed by atoms with Crippen LogP contribution in [0.5, 0.6) is 5.75 Å². The number of ether oxygens (including phenoxy) is 1. The second-order valence-corrected chi connectivity index (χ2v) is 4.67. The second-order valence-electron chi connectivity index (χ2n) is 3.21. The van der Waals surface area contributed by atoms with Crippen LogP contribution in [0, 0.1) is 3.70 Å². The topological polar surface area (TPSA) is 60.2 Å². The van der Waals surface area contributed by atoms with Crippen LogP contribution in [0.4, 0.5) is 0 Å². The number of rotatable bonds is 3. The number of hydrogen-bond donors (Lipinski definition) is 1. The molecular formula is C10H9ClIN3O2. The summed E-state index contributed by atoms with van der Waals surface area (Å²) in [5.74, 6) is 0.640. The molecule has 0 saturated heterocycles. The van der Waals surface area contributed by atoms with Gasteiger partial charge >= 0.3 is 0 Å². The van der Waals surface area contributed by atoms with Gasteiger partial charge in [-0.05, 0) is 40.8 Å². The molecule has 0 amide bonds. The molecule has 0 saturated carbocycles. The predicted octanol–water partition coefficient (Wildman–Crippen LogP) is 2.03. The first-order valence-corrected chi connectivity index (χ1v) is 6.18. The monoisotopic (exact) mass is 365 g/mol. The Balaban J connectivity index is 2.58. The van der Waals surface area contributed by atoms with Crippen molar-refractivity contribution < 1.29 is 9.84 Å². The summed E-state index contributed by atoms with van der Waals surface area (Å²) in [5, 5.41) is 17.5. The minimum Gasteiger partial charge on any atom is -0.494 e. The Morgan fingerprint density at radius 1 is 1.53 bits per heavy atom. The normalized spacial score (nSPS) is 10.6. The Labute approximate surface area is 116 Å². The number of halogens is 2. The van der Waals surface area contributed by atoms with Crippen LogP contribution in [-0.2, 0) is 6.61 Å². The van der Waals surface area contributed by atoms with Gasteiger partial charge in [0.25, 0.3) is 0 Å². The van der Waals surface area contributed by atoms with Gasteiger partial charge in [0.15, 0.2) is 0 Å². The lowest BCUT2D eigenvalue weighted by atomic mass is 10.3. The van der Waals surface area contributed by atoms with Crippen molar-refractivity contribution >= 4 is 34.2 Å². The minimum atomic E-state index is -0.152. The van der Waals surface area contributed by atoms with Crippen LogP contribution in [0.3, 0.4) is 0 Å². The summed E-state index contributed by atoms with van der Waals surface area (Å²) >= 11 is 8.01. The molecule has 2 aromatic rings. The smallest absolute Gasteiger partial charge is 0.144 e. The summed E-state index contributed by atoms with van der Waals surface area (Å²) in [7, 11) is 1.57. The molecular weight excluding hydrogens is 356 g/mol. The van der Waals surface area contributed by atoms with Gasteiger partial charge in [-0.25, -0.2) is 4.68 Å². The number of aromatic nitrogens is 3. The zero-order valence-corrected chi connectivity index (χ0v) is 11.8. The number of nitrogens with zero attached hydrogens (tertiary/aromatic N) is 3. The molecule has 1 N–H and O–H groups in total. The highest BCUT2D eigenvalue weighted by Gasteiger charge is 2.14. The van der Waals surface area contributed by atoms with Crippen LogP contribution in [0.15, 0.2) is 18.2 Å². The van der Waals surface area contributed by atoms with E-state index in [1.807, 2.05) is 0 Å². The van der Waals surface area contributed by atoms with E-state index in [9.17, 15) is 0 Å². The Morgan fingerprint density at radius 2 is 2.29 bits per heavy atom. The summed E-state index contributed by atoms with van der Waals surface area (Å²) in [6.45, 7) is -0.152. The van der Waals surface area contributed by atoms with E-state index in [2.05, 4.69) is 32.9 Å². The maximum Gasteiger partial charge on any atom is 0.144 e. The van der Waals surface area contributed by atoms with Gasteiger partial charge in [0.1, 0.15) is 20.8 Å². The second kappa shape index (κ2) is 5.19. The quantitative estimate of drug-likeness (QED) is 0.846. The van der Waals surface area contributed by atoms with Crippen LogP contribution >= 0.6 is 34.2 Å². The molecule has 0 aliphatic rings. The van der Waals surface area contributed by atoms with Crippen LogP contribution in [0.2, 0.25) is 5.02 Å². The molecule has 1 aromatic heterocycles. The molecule has 5 nitrogen and oxygen atoms in total. The van der Waals surface area contributed by atoms with E-state index in [4.69, 9.17) is 21.4 Å². The summed E-state index contributed by atoms with van der Waals surface area (Å²) in [4.78, 5) is 0. The number of methoxy groups -OCH3 is 1. The first-order valence-electron chi connectivity index (χ1n) is 4.72. The van der Waals surface area contributed by atoms with Crippen molar-refractivity contribution in [3.63, 3.8) is 0 Å². The van der Waals surface area contributed by atoms with Crippen molar-refractivity contribution in [2.24, 2.45) is 0 Å². The third kappa shape index (κ3) is 2.38. The summed E-state index contributed by atoms with van der Waals surface area (Å²) in [6, 6.07) is 5.23.